The number of benzene rings is 1. The minimum Gasteiger partial charge on any atom is -0.494 e. The molecule has 0 amide bonds. The Labute approximate surface area is 184 Å². The summed E-state index contributed by atoms with van der Waals surface area (Å²) < 4.78 is 17.4. The third-order valence-electron chi connectivity index (χ3n) is 5.44. The van der Waals surface area contributed by atoms with E-state index < -0.39 is 14.2 Å². The zero-order valence-corrected chi connectivity index (χ0v) is 20.9. The molecule has 1 aliphatic heterocycles. The monoisotopic (exact) mass is 437 g/mol. The van der Waals surface area contributed by atoms with Gasteiger partial charge in [-0.05, 0) is 50.4 Å². The van der Waals surface area contributed by atoms with Crippen molar-refractivity contribution in [3.05, 3.63) is 29.8 Å². The Balaban J connectivity index is 1.64. The molecule has 2 N–H and O–H groups in total. The molecule has 1 aliphatic rings. The summed E-state index contributed by atoms with van der Waals surface area (Å²) in [6, 6.07) is 9.09. The summed E-state index contributed by atoms with van der Waals surface area (Å²) in [6.07, 6.45) is 2.28. The lowest BCUT2D eigenvalue weighted by Crippen LogP contribution is -2.38. The van der Waals surface area contributed by atoms with Crippen molar-refractivity contribution in [2.45, 2.75) is 84.2 Å². The molecular formula is C24H43NO4Si. The molecule has 5 nitrogen and oxygen atoms in total. The van der Waals surface area contributed by atoms with Gasteiger partial charge in [-0.15, -0.1) is 0 Å². The Morgan fingerprint density at radius 3 is 2.37 bits per heavy atom. The van der Waals surface area contributed by atoms with E-state index in [-0.39, 0.29) is 17.7 Å². The molecule has 0 spiro atoms. The van der Waals surface area contributed by atoms with Gasteiger partial charge < -0.3 is 24.6 Å². The van der Waals surface area contributed by atoms with Gasteiger partial charge in [0, 0.05) is 19.5 Å². The minimum absolute atomic E-state index is 0.0272. The standard InChI is InChI=1S/C24H43NO4Si/c1-19(25-14-7-9-22-28-17-24(2,3)18-29-22)23(26)20-10-12-21(13-11-20)27-15-8-16-30(4,5)6/h10-13,19,22-23,25-26H,7-9,14-18H2,1-6H3. The van der Waals surface area contributed by atoms with E-state index in [4.69, 9.17) is 14.2 Å². The normalized spacial score (nSPS) is 19.4. The van der Waals surface area contributed by atoms with Gasteiger partial charge in [0.25, 0.3) is 0 Å². The average molecular weight is 438 g/mol. The van der Waals surface area contributed by atoms with E-state index >= 15 is 0 Å². The molecule has 1 heterocycles. The molecule has 0 radical (unpaired) electrons. The highest BCUT2D eigenvalue weighted by molar-refractivity contribution is 6.76. The van der Waals surface area contributed by atoms with E-state index in [1.807, 2.05) is 31.2 Å². The van der Waals surface area contributed by atoms with Crippen molar-refractivity contribution in [3.8, 4) is 5.75 Å². The highest BCUT2D eigenvalue weighted by Crippen LogP contribution is 2.25. The van der Waals surface area contributed by atoms with E-state index in [9.17, 15) is 5.11 Å². The first kappa shape index (κ1) is 25.3. The SMILES string of the molecule is CC(NCCCC1OCC(C)(C)CO1)C(O)c1ccc(OCCC[Si](C)(C)C)cc1. The van der Waals surface area contributed by atoms with Crippen molar-refractivity contribution in [2.75, 3.05) is 26.4 Å². The molecule has 0 bridgehead atoms. The van der Waals surface area contributed by atoms with E-state index in [0.29, 0.717) is 0 Å². The van der Waals surface area contributed by atoms with Crippen LogP contribution in [-0.4, -0.2) is 51.9 Å². The van der Waals surface area contributed by atoms with Crippen LogP contribution in [0.1, 0.15) is 51.7 Å². The highest BCUT2D eigenvalue weighted by Gasteiger charge is 2.28. The Bertz CT molecular complexity index is 605. The topological polar surface area (TPSA) is 60.0 Å². The largest absolute Gasteiger partial charge is 0.494 e. The highest BCUT2D eigenvalue weighted by atomic mass is 28.3. The molecule has 172 valence electrons. The number of nitrogens with one attached hydrogen (secondary N) is 1. The van der Waals surface area contributed by atoms with Crippen LogP contribution < -0.4 is 10.1 Å². The van der Waals surface area contributed by atoms with Crippen LogP contribution in [0.4, 0.5) is 0 Å². The first-order valence-corrected chi connectivity index (χ1v) is 15.1. The second kappa shape index (κ2) is 11.6. The molecule has 2 unspecified atom stereocenters. The number of rotatable bonds is 12. The van der Waals surface area contributed by atoms with Crippen LogP contribution in [0, 0.1) is 5.41 Å². The molecule has 1 aromatic carbocycles. The van der Waals surface area contributed by atoms with E-state index in [1.165, 1.54) is 6.04 Å². The van der Waals surface area contributed by atoms with Gasteiger partial charge in [-0.3, -0.25) is 0 Å². The van der Waals surface area contributed by atoms with Crippen molar-refractivity contribution < 1.29 is 19.3 Å². The fraction of sp³-hybridized carbons (Fsp3) is 0.750. The first-order chi connectivity index (χ1) is 14.1. The maximum absolute atomic E-state index is 10.6. The molecule has 2 atom stereocenters. The summed E-state index contributed by atoms with van der Waals surface area (Å²) in [6.45, 7) is 16.6. The molecule has 0 saturated carbocycles. The van der Waals surface area contributed by atoms with Crippen LogP contribution in [0.2, 0.25) is 25.7 Å². The zero-order valence-electron chi connectivity index (χ0n) is 19.9. The summed E-state index contributed by atoms with van der Waals surface area (Å²) in [5.41, 5.74) is 1.02. The van der Waals surface area contributed by atoms with E-state index in [1.54, 1.807) is 0 Å². The lowest BCUT2D eigenvalue weighted by Gasteiger charge is -2.34. The molecule has 1 aromatic rings. The predicted octanol–water partition coefficient (Wildman–Crippen LogP) is 4.98. The molecule has 2 rings (SSSR count). The fourth-order valence-corrected chi connectivity index (χ4v) is 4.65. The third kappa shape index (κ3) is 9.48. The lowest BCUT2D eigenvalue weighted by molar-refractivity contribution is -0.223. The molecule has 6 heteroatoms. The average Bonchev–Trinajstić information content (AvgIpc) is 2.68. The number of hydrogen-bond donors (Lipinski definition) is 2. The Hall–Kier alpha value is -0.923. The number of aliphatic hydroxyl groups is 1. The van der Waals surface area contributed by atoms with Crippen LogP contribution in [-0.2, 0) is 9.47 Å². The van der Waals surface area contributed by atoms with Crippen LogP contribution >= 0.6 is 0 Å². The van der Waals surface area contributed by atoms with Gasteiger partial charge in [0.2, 0.25) is 0 Å². The zero-order chi connectivity index (χ0) is 22.2. The molecule has 0 aromatic heterocycles. The lowest BCUT2D eigenvalue weighted by atomic mass is 9.95. The van der Waals surface area contributed by atoms with Gasteiger partial charge in [0.05, 0.1) is 25.9 Å². The van der Waals surface area contributed by atoms with Crippen molar-refractivity contribution >= 4 is 8.07 Å². The molecule has 1 fully saturated rings. The quantitative estimate of drug-likeness (QED) is 0.356. The first-order valence-electron chi connectivity index (χ1n) is 11.4. The van der Waals surface area contributed by atoms with Crippen molar-refractivity contribution in [1.82, 2.24) is 5.32 Å². The Kier molecular flexibility index (Phi) is 9.82. The maximum atomic E-state index is 10.6. The van der Waals surface area contributed by atoms with Crippen LogP contribution in [0.3, 0.4) is 0 Å². The van der Waals surface area contributed by atoms with Gasteiger partial charge in [-0.25, -0.2) is 0 Å². The fourth-order valence-electron chi connectivity index (χ4n) is 3.45. The van der Waals surface area contributed by atoms with Crippen molar-refractivity contribution in [3.63, 3.8) is 0 Å². The van der Waals surface area contributed by atoms with Gasteiger partial charge in [0.1, 0.15) is 5.75 Å². The molecule has 1 saturated heterocycles. The second-order valence-electron chi connectivity index (χ2n) is 10.6. The summed E-state index contributed by atoms with van der Waals surface area (Å²) in [5.74, 6) is 0.873. The molecule has 0 aliphatic carbocycles. The number of hydrogen-bond acceptors (Lipinski definition) is 5. The minimum atomic E-state index is -0.996. The maximum Gasteiger partial charge on any atom is 0.157 e. The predicted molar refractivity (Wildman–Crippen MR) is 126 cm³/mol. The Morgan fingerprint density at radius 1 is 1.13 bits per heavy atom. The smallest absolute Gasteiger partial charge is 0.157 e. The third-order valence-corrected chi connectivity index (χ3v) is 7.29. The Morgan fingerprint density at radius 2 is 1.77 bits per heavy atom. The summed E-state index contributed by atoms with van der Waals surface area (Å²) in [7, 11) is -0.996. The number of ether oxygens (including phenoxy) is 3. The number of aliphatic hydroxyl groups excluding tert-OH is 1. The summed E-state index contributed by atoms with van der Waals surface area (Å²) in [5, 5.41) is 14.1. The van der Waals surface area contributed by atoms with Crippen LogP contribution in [0.5, 0.6) is 5.75 Å². The van der Waals surface area contributed by atoms with Crippen LogP contribution in [0.15, 0.2) is 24.3 Å². The van der Waals surface area contributed by atoms with Gasteiger partial charge in [0.15, 0.2) is 6.29 Å². The summed E-state index contributed by atoms with van der Waals surface area (Å²) >= 11 is 0. The van der Waals surface area contributed by atoms with E-state index in [2.05, 4.69) is 38.8 Å². The van der Waals surface area contributed by atoms with E-state index in [0.717, 1.165) is 56.9 Å². The molecule has 30 heavy (non-hydrogen) atoms. The van der Waals surface area contributed by atoms with Crippen LogP contribution in [0.25, 0.3) is 0 Å². The van der Waals surface area contributed by atoms with Crippen molar-refractivity contribution in [2.24, 2.45) is 5.41 Å². The van der Waals surface area contributed by atoms with Gasteiger partial charge in [-0.1, -0.05) is 51.7 Å². The molecular weight excluding hydrogens is 394 g/mol. The summed E-state index contributed by atoms with van der Waals surface area (Å²) in [4.78, 5) is 0. The van der Waals surface area contributed by atoms with Gasteiger partial charge in [-0.2, -0.15) is 0 Å². The van der Waals surface area contributed by atoms with Gasteiger partial charge >= 0.3 is 0 Å². The van der Waals surface area contributed by atoms with Crippen molar-refractivity contribution in [1.29, 1.82) is 0 Å². The second-order valence-corrected chi connectivity index (χ2v) is 16.2.